The molecule has 0 spiro atoms. The Balaban J connectivity index is 1.52. The van der Waals surface area contributed by atoms with Gasteiger partial charge in [0.25, 0.3) is 5.56 Å². The molecule has 2 aromatic heterocycles. The molecule has 0 radical (unpaired) electrons. The topological polar surface area (TPSA) is 117 Å². The Morgan fingerprint density at radius 1 is 1.09 bits per heavy atom. The average molecular weight is 653 g/mol. The molecule has 4 aromatic rings. The van der Waals surface area contributed by atoms with Gasteiger partial charge < -0.3 is 29.2 Å². The number of morpholine rings is 1. The summed E-state index contributed by atoms with van der Waals surface area (Å²) in [7, 11) is 4.50. The van der Waals surface area contributed by atoms with E-state index in [0.29, 0.717) is 65.1 Å². The van der Waals surface area contributed by atoms with Crippen LogP contribution in [0.2, 0.25) is 10.0 Å². The van der Waals surface area contributed by atoms with Crippen LogP contribution in [0.15, 0.2) is 47.9 Å². The first kappa shape index (κ1) is 30.7. The minimum absolute atomic E-state index is 0.144. The lowest BCUT2D eigenvalue weighted by Crippen LogP contribution is -2.37. The summed E-state index contributed by atoms with van der Waals surface area (Å²) in [6, 6.07) is 7.07. The number of benzene rings is 2. The number of ether oxygens (including phenoxy) is 4. The number of hydrogen-bond acceptors (Lipinski definition) is 9. The van der Waals surface area contributed by atoms with Crippen molar-refractivity contribution in [2.75, 3.05) is 44.7 Å². The summed E-state index contributed by atoms with van der Waals surface area (Å²) in [5, 5.41) is 3.86. The van der Waals surface area contributed by atoms with E-state index in [4.69, 9.17) is 47.1 Å². The SMILES string of the molecule is C=CC(=O)Nc1cc(-c2ncc3cc(-c4c(Cl)c(OC)cc(OC)c4Cl)c(=O)n(CC)c3n2)c(OC)cc1N1CC2CC1CO2. The molecule has 2 unspecified atom stereocenters. The van der Waals surface area contributed by atoms with Crippen molar-refractivity contribution in [1.29, 1.82) is 0 Å². The van der Waals surface area contributed by atoms with Crippen LogP contribution >= 0.6 is 23.2 Å². The number of aryl methyl sites for hydroxylation is 1. The number of nitrogens with zero attached hydrogens (tertiary/aromatic N) is 4. The van der Waals surface area contributed by atoms with E-state index in [1.165, 1.54) is 24.9 Å². The third-order valence-corrected chi connectivity index (χ3v) is 8.95. The lowest BCUT2D eigenvalue weighted by atomic mass is 10.0. The van der Waals surface area contributed by atoms with Crippen molar-refractivity contribution in [1.82, 2.24) is 14.5 Å². The Kier molecular flexibility index (Phi) is 8.34. The number of carbonyl (C=O) groups is 1. The zero-order chi connectivity index (χ0) is 32.0. The molecule has 11 nitrogen and oxygen atoms in total. The second-order valence-corrected chi connectivity index (χ2v) is 11.4. The van der Waals surface area contributed by atoms with E-state index in [1.54, 1.807) is 31.5 Å². The number of nitrogens with one attached hydrogen (secondary N) is 1. The second-order valence-electron chi connectivity index (χ2n) is 10.6. The fraction of sp³-hybridized carbons (Fsp3) is 0.312. The largest absolute Gasteiger partial charge is 0.496 e. The normalized spacial score (nSPS) is 17.1. The summed E-state index contributed by atoms with van der Waals surface area (Å²) in [5.74, 6) is 1.08. The predicted molar refractivity (Wildman–Crippen MR) is 174 cm³/mol. The van der Waals surface area contributed by atoms with Crippen molar-refractivity contribution in [2.45, 2.75) is 32.0 Å². The van der Waals surface area contributed by atoms with Gasteiger partial charge in [0.1, 0.15) is 22.9 Å². The van der Waals surface area contributed by atoms with Gasteiger partial charge in [0, 0.05) is 42.4 Å². The summed E-state index contributed by atoms with van der Waals surface area (Å²) in [5.41, 5.74) is 2.47. The van der Waals surface area contributed by atoms with Crippen molar-refractivity contribution < 1.29 is 23.7 Å². The lowest BCUT2D eigenvalue weighted by Gasteiger charge is -2.31. The molecule has 2 atom stereocenters. The molecule has 0 saturated carbocycles. The highest BCUT2D eigenvalue weighted by Gasteiger charge is 2.40. The number of halogens is 2. The van der Waals surface area contributed by atoms with Gasteiger partial charge in [-0.1, -0.05) is 29.8 Å². The van der Waals surface area contributed by atoms with Crippen LogP contribution in [0.3, 0.4) is 0 Å². The Morgan fingerprint density at radius 3 is 2.38 bits per heavy atom. The third kappa shape index (κ3) is 5.24. The Bertz CT molecular complexity index is 1880. The lowest BCUT2D eigenvalue weighted by molar-refractivity contribution is -0.111. The fourth-order valence-electron chi connectivity index (χ4n) is 6.01. The van der Waals surface area contributed by atoms with Gasteiger partial charge in [-0.05, 0) is 31.6 Å². The van der Waals surface area contributed by atoms with Crippen LogP contribution in [0.4, 0.5) is 11.4 Å². The first-order valence-corrected chi connectivity index (χ1v) is 15.0. The monoisotopic (exact) mass is 651 g/mol. The number of hydrogen-bond donors (Lipinski definition) is 1. The molecule has 2 aliphatic rings. The molecule has 2 aliphatic heterocycles. The summed E-state index contributed by atoms with van der Waals surface area (Å²) in [4.78, 5) is 38.1. The maximum Gasteiger partial charge on any atom is 0.260 e. The maximum absolute atomic E-state index is 14.0. The summed E-state index contributed by atoms with van der Waals surface area (Å²) >= 11 is 13.3. The Labute approximate surface area is 269 Å². The molecule has 0 aliphatic carbocycles. The molecule has 6 rings (SSSR count). The molecule has 2 saturated heterocycles. The minimum atomic E-state index is -0.360. The molecular formula is C32H31Cl2N5O6. The van der Waals surface area contributed by atoms with Gasteiger partial charge in [0.05, 0.1) is 72.6 Å². The van der Waals surface area contributed by atoms with Crippen LogP contribution in [-0.4, -0.2) is 67.1 Å². The van der Waals surface area contributed by atoms with Crippen molar-refractivity contribution >= 4 is 51.5 Å². The minimum Gasteiger partial charge on any atom is -0.496 e. The molecule has 2 fully saturated rings. The molecule has 4 heterocycles. The van der Waals surface area contributed by atoms with E-state index in [1.807, 2.05) is 13.0 Å². The Morgan fingerprint density at radius 2 is 1.80 bits per heavy atom. The number of amides is 1. The molecule has 13 heteroatoms. The maximum atomic E-state index is 14.0. The van der Waals surface area contributed by atoms with Crippen LogP contribution < -0.4 is 30.0 Å². The predicted octanol–water partition coefficient (Wildman–Crippen LogP) is 5.58. The van der Waals surface area contributed by atoms with Crippen molar-refractivity contribution in [2.24, 2.45) is 0 Å². The number of methoxy groups -OCH3 is 3. The number of aromatic nitrogens is 3. The Hall–Kier alpha value is -4.32. The first-order valence-electron chi connectivity index (χ1n) is 14.3. The molecule has 1 amide bonds. The van der Waals surface area contributed by atoms with E-state index >= 15 is 0 Å². The van der Waals surface area contributed by atoms with Crippen molar-refractivity contribution in [3.05, 3.63) is 63.5 Å². The highest BCUT2D eigenvalue weighted by atomic mass is 35.5. The number of pyridine rings is 1. The second kappa shape index (κ2) is 12.2. The third-order valence-electron chi connectivity index (χ3n) is 8.20. The fourth-order valence-corrected chi connectivity index (χ4v) is 6.72. The molecular weight excluding hydrogens is 621 g/mol. The summed E-state index contributed by atoms with van der Waals surface area (Å²) in [6.45, 7) is 7.06. The van der Waals surface area contributed by atoms with Gasteiger partial charge in [-0.3, -0.25) is 14.2 Å². The van der Waals surface area contributed by atoms with Crippen molar-refractivity contribution in [3.8, 4) is 39.8 Å². The van der Waals surface area contributed by atoms with Gasteiger partial charge in [-0.2, -0.15) is 0 Å². The first-order chi connectivity index (χ1) is 21.7. The van der Waals surface area contributed by atoms with Crippen molar-refractivity contribution in [3.63, 3.8) is 0 Å². The van der Waals surface area contributed by atoms with Gasteiger partial charge >= 0.3 is 0 Å². The van der Waals surface area contributed by atoms with Gasteiger partial charge in [-0.15, -0.1) is 0 Å². The molecule has 2 aromatic carbocycles. The molecule has 2 bridgehead atoms. The van der Waals surface area contributed by atoms with E-state index in [9.17, 15) is 9.59 Å². The van der Waals surface area contributed by atoms with Crippen LogP contribution in [0.25, 0.3) is 33.5 Å². The summed E-state index contributed by atoms with van der Waals surface area (Å²) in [6.07, 6.45) is 3.90. The van der Waals surface area contributed by atoms with Crippen LogP contribution in [0, 0.1) is 0 Å². The highest BCUT2D eigenvalue weighted by molar-refractivity contribution is 6.41. The number of rotatable bonds is 9. The zero-order valence-corrected chi connectivity index (χ0v) is 26.7. The van der Waals surface area contributed by atoms with Crippen LogP contribution in [0.1, 0.15) is 13.3 Å². The molecule has 45 heavy (non-hydrogen) atoms. The van der Waals surface area contributed by atoms with Gasteiger partial charge in [0.15, 0.2) is 5.82 Å². The zero-order valence-electron chi connectivity index (χ0n) is 25.1. The number of carbonyl (C=O) groups excluding carboxylic acids is 1. The standard InChI is InChI=1S/C32H31Cl2N5O6/c1-6-26(40)36-21-10-19(23(42-3)11-22(21)39-14-18-9-17(39)15-45-18)30-35-13-16-8-20(32(41)38(7-2)31(16)37-30)27-28(33)24(43-4)12-25(44-5)29(27)34/h6,8,10-13,17-18H,1,7,9,14-15H2,2-5H3,(H,36,40). The molecule has 234 valence electrons. The number of fused-ring (bicyclic) bond motifs is 3. The van der Waals surface area contributed by atoms with E-state index in [0.717, 1.165) is 12.1 Å². The van der Waals surface area contributed by atoms with E-state index in [2.05, 4.69) is 21.8 Å². The quantitative estimate of drug-likeness (QED) is 0.231. The van der Waals surface area contributed by atoms with Crippen LogP contribution in [-0.2, 0) is 16.1 Å². The smallest absolute Gasteiger partial charge is 0.260 e. The average Bonchev–Trinajstić information content (AvgIpc) is 3.69. The molecule has 1 N–H and O–H groups in total. The van der Waals surface area contributed by atoms with Gasteiger partial charge in [0.2, 0.25) is 5.91 Å². The van der Waals surface area contributed by atoms with Gasteiger partial charge in [-0.25, -0.2) is 9.97 Å². The number of anilines is 2. The van der Waals surface area contributed by atoms with E-state index < -0.39 is 0 Å². The van der Waals surface area contributed by atoms with E-state index in [-0.39, 0.29) is 44.8 Å². The highest BCUT2D eigenvalue weighted by Crippen LogP contribution is 2.46. The van der Waals surface area contributed by atoms with Crippen LogP contribution in [0.5, 0.6) is 17.2 Å². The summed E-state index contributed by atoms with van der Waals surface area (Å²) < 4.78 is 24.0.